The van der Waals surface area contributed by atoms with Gasteiger partial charge in [-0.15, -0.1) is 0 Å². The molecule has 0 spiro atoms. The van der Waals surface area contributed by atoms with Gasteiger partial charge < -0.3 is 15.4 Å². The molecule has 3 heteroatoms. The fourth-order valence-corrected chi connectivity index (χ4v) is 2.38. The normalized spacial score (nSPS) is 17.2. The fourth-order valence-electron chi connectivity index (χ4n) is 2.38. The van der Waals surface area contributed by atoms with Gasteiger partial charge in [0.25, 0.3) is 0 Å². The lowest BCUT2D eigenvalue weighted by atomic mass is 10.0. The van der Waals surface area contributed by atoms with E-state index in [2.05, 4.69) is 30.0 Å². The maximum absolute atomic E-state index is 5.93. The highest BCUT2D eigenvalue weighted by Crippen LogP contribution is 2.27. The van der Waals surface area contributed by atoms with E-state index < -0.39 is 0 Å². The molecule has 0 radical (unpaired) electrons. The average molecular weight is 234 g/mol. The monoisotopic (exact) mass is 234 g/mol. The van der Waals surface area contributed by atoms with Crippen LogP contribution in [0.3, 0.4) is 0 Å². The molecule has 0 aliphatic carbocycles. The summed E-state index contributed by atoms with van der Waals surface area (Å²) in [4.78, 5) is 2.39. The molecule has 0 bridgehead atoms. The summed E-state index contributed by atoms with van der Waals surface area (Å²) in [5.74, 6) is 1.000. The first kappa shape index (κ1) is 12.2. The Hall–Kier alpha value is -1.22. The van der Waals surface area contributed by atoms with Gasteiger partial charge in [0, 0.05) is 30.9 Å². The minimum atomic E-state index is 0.378. The topological polar surface area (TPSA) is 38.5 Å². The van der Waals surface area contributed by atoms with E-state index in [1.165, 1.54) is 11.3 Å². The third-order valence-electron chi connectivity index (χ3n) is 3.56. The molecule has 0 atom stereocenters. The van der Waals surface area contributed by atoms with Crippen LogP contribution in [0.15, 0.2) is 18.2 Å². The van der Waals surface area contributed by atoms with Gasteiger partial charge in [0.2, 0.25) is 0 Å². The summed E-state index contributed by atoms with van der Waals surface area (Å²) < 4.78 is 5.44. The van der Waals surface area contributed by atoms with Crippen molar-refractivity contribution in [2.45, 2.75) is 32.2 Å². The molecule has 1 aliphatic rings. The van der Waals surface area contributed by atoms with Crippen molar-refractivity contribution in [1.29, 1.82) is 0 Å². The Morgan fingerprint density at radius 1 is 1.35 bits per heavy atom. The van der Waals surface area contributed by atoms with Crippen molar-refractivity contribution in [3.8, 4) is 5.75 Å². The van der Waals surface area contributed by atoms with E-state index in [1.54, 1.807) is 7.11 Å². The second-order valence-electron chi connectivity index (χ2n) is 4.67. The van der Waals surface area contributed by atoms with Crippen molar-refractivity contribution >= 4 is 5.69 Å². The lowest BCUT2D eigenvalue weighted by molar-refractivity contribution is 0.409. The number of rotatable bonds is 3. The minimum Gasteiger partial charge on any atom is -0.496 e. The smallest absolute Gasteiger partial charge is 0.124 e. The van der Waals surface area contributed by atoms with E-state index in [1.807, 2.05) is 0 Å². The van der Waals surface area contributed by atoms with Crippen LogP contribution in [0.5, 0.6) is 5.75 Å². The van der Waals surface area contributed by atoms with E-state index >= 15 is 0 Å². The molecule has 2 N–H and O–H groups in total. The predicted octanol–water partition coefficient (Wildman–Crippen LogP) is 2.19. The van der Waals surface area contributed by atoms with Crippen molar-refractivity contribution in [2.24, 2.45) is 5.73 Å². The van der Waals surface area contributed by atoms with Crippen LogP contribution in [-0.2, 0) is 6.42 Å². The first-order valence-electron chi connectivity index (χ1n) is 6.42. The molecule has 1 aromatic rings. The number of nitrogens with two attached hydrogens (primary N) is 1. The molecule has 17 heavy (non-hydrogen) atoms. The summed E-state index contributed by atoms with van der Waals surface area (Å²) in [5, 5.41) is 0. The third-order valence-corrected chi connectivity index (χ3v) is 3.56. The minimum absolute atomic E-state index is 0.378. The van der Waals surface area contributed by atoms with Crippen LogP contribution in [0.1, 0.15) is 25.3 Å². The first-order chi connectivity index (χ1) is 8.24. The number of piperidine rings is 1. The lowest BCUT2D eigenvalue weighted by Gasteiger charge is -2.32. The molecule has 1 saturated heterocycles. The molecule has 1 aromatic carbocycles. The molecule has 0 saturated carbocycles. The summed E-state index contributed by atoms with van der Waals surface area (Å²) in [6.45, 7) is 4.25. The number of nitrogens with zero attached hydrogens (tertiary/aromatic N) is 1. The molecular weight excluding hydrogens is 212 g/mol. The second kappa shape index (κ2) is 5.41. The summed E-state index contributed by atoms with van der Waals surface area (Å²) in [6, 6.07) is 6.89. The van der Waals surface area contributed by atoms with Crippen LogP contribution in [0.4, 0.5) is 5.69 Å². The average Bonchev–Trinajstić information content (AvgIpc) is 2.39. The Morgan fingerprint density at radius 3 is 2.65 bits per heavy atom. The number of methoxy groups -OCH3 is 1. The molecule has 0 aromatic heterocycles. The Balaban J connectivity index is 2.16. The van der Waals surface area contributed by atoms with Gasteiger partial charge in [0.15, 0.2) is 0 Å². The predicted molar refractivity (Wildman–Crippen MR) is 71.8 cm³/mol. The molecule has 1 fully saturated rings. The zero-order valence-electron chi connectivity index (χ0n) is 10.8. The van der Waals surface area contributed by atoms with Crippen molar-refractivity contribution in [1.82, 2.24) is 0 Å². The number of anilines is 1. The van der Waals surface area contributed by atoms with E-state index in [0.717, 1.165) is 38.1 Å². The highest BCUT2D eigenvalue weighted by molar-refractivity contribution is 5.54. The summed E-state index contributed by atoms with van der Waals surface area (Å²) in [5.41, 5.74) is 8.45. The summed E-state index contributed by atoms with van der Waals surface area (Å²) >= 11 is 0. The van der Waals surface area contributed by atoms with E-state index in [0.29, 0.717) is 6.04 Å². The Labute approximate surface area is 104 Å². The number of benzene rings is 1. The lowest BCUT2D eigenvalue weighted by Crippen LogP contribution is -2.39. The maximum Gasteiger partial charge on any atom is 0.124 e. The van der Waals surface area contributed by atoms with Crippen molar-refractivity contribution in [3.05, 3.63) is 23.8 Å². The van der Waals surface area contributed by atoms with Crippen LogP contribution in [0, 0.1) is 0 Å². The quantitative estimate of drug-likeness (QED) is 0.871. The number of aryl methyl sites for hydroxylation is 1. The standard InChI is InChI=1S/C14H22N2O/c1-3-11-4-5-13(10-14(11)17-2)16-8-6-12(15)7-9-16/h4-5,10,12H,3,6-9,15H2,1-2H3. The number of hydrogen-bond acceptors (Lipinski definition) is 3. The van der Waals surface area contributed by atoms with Gasteiger partial charge in [0.1, 0.15) is 5.75 Å². The molecule has 2 rings (SSSR count). The third kappa shape index (κ3) is 2.72. The number of hydrogen-bond donors (Lipinski definition) is 1. The number of ether oxygens (including phenoxy) is 1. The molecule has 0 amide bonds. The van der Waals surface area contributed by atoms with E-state index in [4.69, 9.17) is 10.5 Å². The van der Waals surface area contributed by atoms with Crippen molar-refractivity contribution in [2.75, 3.05) is 25.1 Å². The van der Waals surface area contributed by atoms with Crippen LogP contribution in [0.25, 0.3) is 0 Å². The van der Waals surface area contributed by atoms with Gasteiger partial charge in [-0.25, -0.2) is 0 Å². The highest BCUT2D eigenvalue weighted by Gasteiger charge is 2.17. The molecule has 3 nitrogen and oxygen atoms in total. The van der Waals surface area contributed by atoms with Crippen LogP contribution in [-0.4, -0.2) is 26.2 Å². The molecule has 1 aliphatic heterocycles. The van der Waals surface area contributed by atoms with Gasteiger partial charge in [-0.1, -0.05) is 13.0 Å². The molecular formula is C14H22N2O. The van der Waals surface area contributed by atoms with Crippen LogP contribution >= 0.6 is 0 Å². The van der Waals surface area contributed by atoms with Gasteiger partial charge in [-0.2, -0.15) is 0 Å². The zero-order valence-corrected chi connectivity index (χ0v) is 10.8. The zero-order chi connectivity index (χ0) is 12.3. The first-order valence-corrected chi connectivity index (χ1v) is 6.42. The van der Waals surface area contributed by atoms with Gasteiger partial charge in [-0.05, 0) is 30.9 Å². The fraction of sp³-hybridized carbons (Fsp3) is 0.571. The second-order valence-corrected chi connectivity index (χ2v) is 4.67. The van der Waals surface area contributed by atoms with Gasteiger partial charge in [-0.3, -0.25) is 0 Å². The van der Waals surface area contributed by atoms with Crippen molar-refractivity contribution < 1.29 is 4.74 Å². The summed E-state index contributed by atoms with van der Waals surface area (Å²) in [7, 11) is 1.74. The molecule has 0 unspecified atom stereocenters. The van der Waals surface area contributed by atoms with Gasteiger partial charge >= 0.3 is 0 Å². The molecule has 1 heterocycles. The summed E-state index contributed by atoms with van der Waals surface area (Å²) in [6.07, 6.45) is 3.17. The maximum atomic E-state index is 5.93. The van der Waals surface area contributed by atoms with E-state index in [9.17, 15) is 0 Å². The SMILES string of the molecule is CCc1ccc(N2CCC(N)CC2)cc1OC. The Kier molecular flexibility index (Phi) is 3.89. The Morgan fingerprint density at radius 2 is 2.06 bits per heavy atom. The van der Waals surface area contributed by atoms with Crippen molar-refractivity contribution in [3.63, 3.8) is 0 Å². The largest absolute Gasteiger partial charge is 0.496 e. The molecule has 94 valence electrons. The van der Waals surface area contributed by atoms with E-state index in [-0.39, 0.29) is 0 Å². The van der Waals surface area contributed by atoms with Crippen LogP contribution < -0.4 is 15.4 Å². The Bertz CT molecular complexity index is 370. The van der Waals surface area contributed by atoms with Gasteiger partial charge in [0.05, 0.1) is 7.11 Å². The van der Waals surface area contributed by atoms with Crippen LogP contribution in [0.2, 0.25) is 0 Å². The highest BCUT2D eigenvalue weighted by atomic mass is 16.5.